The molecular weight excluding hydrogens is 550 g/mol. The van der Waals surface area contributed by atoms with E-state index in [9.17, 15) is 14.4 Å². The van der Waals surface area contributed by atoms with Crippen molar-refractivity contribution in [3.8, 4) is 0 Å². The number of benzene rings is 2. The maximum Gasteiger partial charge on any atom is 0.320 e. The molecule has 0 spiro atoms. The van der Waals surface area contributed by atoms with Gasteiger partial charge in [0.2, 0.25) is 11.8 Å². The monoisotopic (exact) mass is 589 g/mol. The molecule has 42 heavy (non-hydrogen) atoms. The molecule has 3 aromatic rings. The van der Waals surface area contributed by atoms with Crippen molar-refractivity contribution in [3.05, 3.63) is 93.7 Å². The molecule has 0 aliphatic carbocycles. The average molecular weight is 590 g/mol. The minimum atomic E-state index is -0.828. The van der Waals surface area contributed by atoms with E-state index in [1.807, 2.05) is 66.7 Å². The number of thiophene rings is 1. The van der Waals surface area contributed by atoms with Gasteiger partial charge in [-0.1, -0.05) is 60.7 Å². The zero-order chi connectivity index (χ0) is 30.3. The van der Waals surface area contributed by atoms with Gasteiger partial charge in [0.15, 0.2) is 0 Å². The Kier molecular flexibility index (Phi) is 10.1. The lowest BCUT2D eigenvalue weighted by Crippen LogP contribution is -2.55. The number of hydrogen-bond donors (Lipinski definition) is 4. The Morgan fingerprint density at radius 2 is 1.64 bits per heavy atom. The molecule has 1 aliphatic rings. The van der Waals surface area contributed by atoms with Crippen molar-refractivity contribution in [2.75, 3.05) is 13.1 Å². The first-order valence-electron chi connectivity index (χ1n) is 14.1. The summed E-state index contributed by atoms with van der Waals surface area (Å²) in [6, 6.07) is 21.6. The highest BCUT2D eigenvalue weighted by atomic mass is 32.1. The van der Waals surface area contributed by atoms with Crippen molar-refractivity contribution < 1.29 is 19.1 Å². The molecule has 9 nitrogen and oxygen atoms in total. The minimum Gasteiger partial charge on any atom is -0.459 e. The average Bonchev–Trinajstić information content (AvgIpc) is 3.64. The van der Waals surface area contributed by atoms with Crippen LogP contribution in [0.2, 0.25) is 0 Å². The number of rotatable bonds is 11. The number of carbonyl (C=O) groups excluding carboxylic acids is 3. The maximum absolute atomic E-state index is 14.4. The molecular formula is C32H39N5O4S. The van der Waals surface area contributed by atoms with Crippen molar-refractivity contribution >= 4 is 35.0 Å². The second-order valence-corrected chi connectivity index (χ2v) is 12.5. The molecule has 4 rings (SSSR count). The molecule has 2 heterocycles. The van der Waals surface area contributed by atoms with E-state index >= 15 is 0 Å². The number of hydrogen-bond acceptors (Lipinski definition) is 7. The van der Waals surface area contributed by atoms with E-state index in [0.29, 0.717) is 24.3 Å². The van der Waals surface area contributed by atoms with E-state index in [-0.39, 0.29) is 30.7 Å². The third-order valence-electron chi connectivity index (χ3n) is 7.01. The van der Waals surface area contributed by atoms with Gasteiger partial charge in [0.05, 0.1) is 24.0 Å². The van der Waals surface area contributed by atoms with Crippen LogP contribution in [0.5, 0.6) is 0 Å². The van der Waals surface area contributed by atoms with Gasteiger partial charge in [-0.05, 0) is 56.9 Å². The smallest absolute Gasteiger partial charge is 0.320 e. The number of ether oxygens (including phenoxy) is 1. The lowest BCUT2D eigenvalue weighted by Gasteiger charge is -2.34. The van der Waals surface area contributed by atoms with Crippen LogP contribution in [-0.4, -0.2) is 59.3 Å². The molecule has 1 aliphatic heterocycles. The Morgan fingerprint density at radius 1 is 1.02 bits per heavy atom. The molecule has 0 radical (unpaired) electrons. The Morgan fingerprint density at radius 3 is 2.19 bits per heavy atom. The summed E-state index contributed by atoms with van der Waals surface area (Å²) in [5, 5.41) is 13.8. The lowest BCUT2D eigenvalue weighted by atomic mass is 9.84. The summed E-state index contributed by atoms with van der Waals surface area (Å²) in [4.78, 5) is 43.7. The predicted octanol–water partition coefficient (Wildman–Crippen LogP) is 3.77. The van der Waals surface area contributed by atoms with E-state index in [1.54, 1.807) is 31.7 Å². The van der Waals surface area contributed by atoms with E-state index in [4.69, 9.17) is 15.9 Å². The van der Waals surface area contributed by atoms with Crippen molar-refractivity contribution in [2.24, 2.45) is 5.73 Å². The van der Waals surface area contributed by atoms with Crippen molar-refractivity contribution in [1.82, 2.24) is 15.5 Å². The van der Waals surface area contributed by atoms with E-state index < -0.39 is 29.6 Å². The van der Waals surface area contributed by atoms with Crippen LogP contribution >= 0.6 is 11.3 Å². The zero-order valence-corrected chi connectivity index (χ0v) is 25.1. The van der Waals surface area contributed by atoms with Crippen LogP contribution in [0, 0.1) is 5.41 Å². The highest BCUT2D eigenvalue weighted by molar-refractivity contribution is 7.14. The number of nitrogens with two attached hydrogens (primary N) is 1. The van der Waals surface area contributed by atoms with Gasteiger partial charge >= 0.3 is 5.97 Å². The molecule has 10 heteroatoms. The first-order chi connectivity index (χ1) is 20.0. The van der Waals surface area contributed by atoms with Crippen LogP contribution in [0.15, 0.2) is 72.8 Å². The molecule has 2 amide bonds. The second kappa shape index (κ2) is 13.8. The number of nitrogens with one attached hydrogen (secondary N) is 3. The summed E-state index contributed by atoms with van der Waals surface area (Å²) in [5.74, 6) is -1.37. The fraction of sp³-hybridized carbons (Fsp3) is 0.375. The van der Waals surface area contributed by atoms with Gasteiger partial charge in [-0.3, -0.25) is 25.1 Å². The van der Waals surface area contributed by atoms with Gasteiger partial charge in [0.25, 0.3) is 0 Å². The topological polar surface area (TPSA) is 138 Å². The largest absolute Gasteiger partial charge is 0.459 e. The first kappa shape index (κ1) is 30.9. The van der Waals surface area contributed by atoms with Crippen molar-refractivity contribution in [2.45, 2.75) is 63.8 Å². The Hall–Kier alpha value is -4.02. The molecule has 1 unspecified atom stereocenters. The van der Waals surface area contributed by atoms with E-state index in [2.05, 4.69) is 10.6 Å². The summed E-state index contributed by atoms with van der Waals surface area (Å²) < 4.78 is 5.52. The van der Waals surface area contributed by atoms with Crippen LogP contribution in [0.25, 0.3) is 0 Å². The number of carbonyl (C=O) groups is 3. The van der Waals surface area contributed by atoms with Gasteiger partial charge in [-0.15, -0.1) is 11.3 Å². The van der Waals surface area contributed by atoms with Crippen LogP contribution in [0.4, 0.5) is 0 Å². The summed E-state index contributed by atoms with van der Waals surface area (Å²) in [5.41, 5.74) is 6.74. The molecule has 0 saturated carbocycles. The third-order valence-corrected chi connectivity index (χ3v) is 8.12. The standard InChI is InChI=1S/C32H39N5O4S/c1-32(2,3)41-26(38)20-35-28(27(21-11-6-4-7-12-21)22-13-8-5-9-14-22)31(40)37-18-10-15-24(37)30(39)36-19-23-16-17-25(42-23)29(33)34/h4-9,11-14,16-17,24,27-28,35H,10,15,18-20H2,1-3H3,(H3,33,34)(H,36,39)/t24?,28-/m1/s1. The molecule has 0 bridgehead atoms. The molecule has 1 saturated heterocycles. The summed E-state index contributed by atoms with van der Waals surface area (Å²) in [6.45, 7) is 5.96. The van der Waals surface area contributed by atoms with Crippen LogP contribution in [-0.2, 0) is 25.7 Å². The normalized spacial score (nSPS) is 15.8. The van der Waals surface area contributed by atoms with Gasteiger partial charge in [-0.25, -0.2) is 0 Å². The molecule has 1 aromatic heterocycles. The number of likely N-dealkylation sites (tertiary alicyclic amines) is 1. The zero-order valence-electron chi connectivity index (χ0n) is 24.3. The molecule has 222 valence electrons. The number of amidine groups is 1. The summed E-state index contributed by atoms with van der Waals surface area (Å²) in [7, 11) is 0. The predicted molar refractivity (Wildman–Crippen MR) is 164 cm³/mol. The third kappa shape index (κ3) is 8.04. The summed E-state index contributed by atoms with van der Waals surface area (Å²) in [6.07, 6.45) is 1.23. The number of amides is 2. The fourth-order valence-corrected chi connectivity index (χ4v) is 6.02. The van der Waals surface area contributed by atoms with Crippen molar-refractivity contribution in [3.63, 3.8) is 0 Å². The maximum atomic E-state index is 14.4. The SMILES string of the molecule is CC(C)(C)OC(=O)CN[C@@H](C(=O)N1CCCC1C(=O)NCc1ccc(C(=N)N)s1)C(c1ccccc1)c1ccccc1. The molecule has 1 fully saturated rings. The van der Waals surface area contributed by atoms with Gasteiger partial charge in [0.1, 0.15) is 17.5 Å². The lowest BCUT2D eigenvalue weighted by molar-refractivity contribution is -0.154. The Labute approximate surface area is 251 Å². The second-order valence-electron chi connectivity index (χ2n) is 11.3. The van der Waals surface area contributed by atoms with Crippen molar-refractivity contribution in [1.29, 1.82) is 5.41 Å². The molecule has 5 N–H and O–H groups in total. The number of nitrogens with zero attached hydrogens (tertiary/aromatic N) is 1. The molecule has 2 atom stereocenters. The first-order valence-corrected chi connectivity index (χ1v) is 14.9. The van der Waals surface area contributed by atoms with Crippen LogP contribution in [0.3, 0.4) is 0 Å². The highest BCUT2D eigenvalue weighted by Crippen LogP contribution is 2.31. The van der Waals surface area contributed by atoms with Crippen LogP contribution < -0.4 is 16.4 Å². The van der Waals surface area contributed by atoms with Gasteiger partial charge in [-0.2, -0.15) is 0 Å². The Bertz CT molecular complexity index is 1350. The number of esters is 1. The molecule has 2 aromatic carbocycles. The summed E-state index contributed by atoms with van der Waals surface area (Å²) >= 11 is 1.35. The van der Waals surface area contributed by atoms with Gasteiger partial charge in [0, 0.05) is 17.3 Å². The van der Waals surface area contributed by atoms with Crippen LogP contribution in [0.1, 0.15) is 60.4 Å². The Balaban J connectivity index is 1.59. The van der Waals surface area contributed by atoms with E-state index in [0.717, 1.165) is 16.0 Å². The fourth-order valence-electron chi connectivity index (χ4n) is 5.21. The van der Waals surface area contributed by atoms with Gasteiger partial charge < -0.3 is 20.7 Å². The quantitative estimate of drug-likeness (QED) is 0.153. The van der Waals surface area contributed by atoms with E-state index in [1.165, 1.54) is 11.3 Å². The minimum absolute atomic E-state index is 0.0125. The number of nitrogen functional groups attached to an aromatic ring is 1. The highest BCUT2D eigenvalue weighted by Gasteiger charge is 2.41.